The lowest BCUT2D eigenvalue weighted by atomic mass is 9.72. The summed E-state index contributed by atoms with van der Waals surface area (Å²) in [7, 11) is 5.33. The molecule has 2 atom stereocenters. The van der Waals surface area contributed by atoms with Crippen LogP contribution in [0.5, 0.6) is 0 Å². The average molecular weight is 468 g/mol. The summed E-state index contributed by atoms with van der Waals surface area (Å²) in [6, 6.07) is 2.20. The van der Waals surface area contributed by atoms with Gasteiger partial charge in [-0.1, -0.05) is 12.2 Å². The van der Waals surface area contributed by atoms with E-state index in [9.17, 15) is 4.79 Å². The molecule has 0 aliphatic heterocycles. The highest BCUT2D eigenvalue weighted by molar-refractivity contribution is 5.77. The Morgan fingerprint density at radius 2 is 1.85 bits per heavy atom. The quantitative estimate of drug-likeness (QED) is 0.468. The Hall–Kier alpha value is -2.60. The van der Waals surface area contributed by atoms with Crippen LogP contribution in [0.2, 0.25) is 0 Å². The highest BCUT2D eigenvalue weighted by Gasteiger charge is 2.32. The van der Waals surface area contributed by atoms with Gasteiger partial charge in [0.1, 0.15) is 11.6 Å². The van der Waals surface area contributed by atoms with Gasteiger partial charge in [-0.15, -0.1) is 0 Å². The van der Waals surface area contributed by atoms with Crippen LogP contribution in [0.25, 0.3) is 0 Å². The van der Waals surface area contributed by atoms with Crippen molar-refractivity contribution in [3.05, 3.63) is 57.5 Å². The van der Waals surface area contributed by atoms with Gasteiger partial charge in [0, 0.05) is 32.8 Å². The zero-order valence-electron chi connectivity index (χ0n) is 21.7. The number of carbonyl (C=O) groups excluding carboxylic acids is 1. The zero-order chi connectivity index (χ0) is 24.7. The van der Waals surface area contributed by atoms with Gasteiger partial charge in [-0.05, 0) is 98.6 Å². The molecule has 1 heterocycles. The van der Waals surface area contributed by atoms with E-state index >= 15 is 0 Å². The molecule has 0 fully saturated rings. The number of hydrogen-bond acceptors (Lipinski definition) is 5. The average Bonchev–Trinajstić information content (AvgIpc) is 2.81. The van der Waals surface area contributed by atoms with Gasteiger partial charge >= 0.3 is 0 Å². The number of ether oxygens (including phenoxy) is 2. The minimum absolute atomic E-state index is 0.0806. The molecule has 34 heavy (non-hydrogen) atoms. The lowest BCUT2D eigenvalue weighted by Gasteiger charge is -2.34. The Labute approximate surface area is 204 Å². The summed E-state index contributed by atoms with van der Waals surface area (Å²) in [6.07, 6.45) is 10.2. The number of aromatic nitrogens is 1. The molecule has 2 aliphatic rings. The number of nitrogens with one attached hydrogen (secondary N) is 2. The van der Waals surface area contributed by atoms with Crippen LogP contribution in [0.1, 0.15) is 81.0 Å². The first-order valence-electron chi connectivity index (χ1n) is 12.5. The fraction of sp³-hybridized carbons (Fsp3) is 0.571. The second kappa shape index (κ2) is 12.2. The van der Waals surface area contributed by atoms with Crippen LogP contribution >= 0.6 is 0 Å². The van der Waals surface area contributed by atoms with E-state index in [1.54, 1.807) is 14.2 Å². The monoisotopic (exact) mass is 467 g/mol. The summed E-state index contributed by atoms with van der Waals surface area (Å²) in [4.78, 5) is 17.4. The van der Waals surface area contributed by atoms with Crippen molar-refractivity contribution in [1.29, 1.82) is 0 Å². The predicted molar refractivity (Wildman–Crippen MR) is 138 cm³/mol. The summed E-state index contributed by atoms with van der Waals surface area (Å²) in [5.41, 5.74) is 7.43. The van der Waals surface area contributed by atoms with Crippen LogP contribution < -0.4 is 10.6 Å². The number of carbonyl (C=O) groups is 1. The summed E-state index contributed by atoms with van der Waals surface area (Å²) < 4.78 is 10.9. The van der Waals surface area contributed by atoms with E-state index in [2.05, 4.69) is 49.6 Å². The van der Waals surface area contributed by atoms with E-state index < -0.39 is 0 Å². The van der Waals surface area contributed by atoms with E-state index in [4.69, 9.17) is 14.5 Å². The SMILES string of the molecule is CNc1cc2c(c(C)n1)C(CC(=O)NCCOC)CCC2CC1=CCCC=C(C)C(OC)=C1C. The van der Waals surface area contributed by atoms with Crippen molar-refractivity contribution >= 4 is 11.7 Å². The molecule has 6 heteroatoms. The number of hydrogen-bond donors (Lipinski definition) is 2. The van der Waals surface area contributed by atoms with Crippen molar-refractivity contribution in [3.63, 3.8) is 0 Å². The standard InChI is InChI=1S/C28H41N3O3/c1-18-9-7-8-10-21(19(2)28(18)34-6)15-22-11-12-23(16-26(32)30-13-14-33-5)27-20(3)31-25(29-4)17-24(22)27/h9-10,17,22-23H,7-8,11-16H2,1-6H3,(H,29,31)(H,30,32). The summed E-state index contributed by atoms with van der Waals surface area (Å²) in [5, 5.41) is 6.21. The minimum Gasteiger partial charge on any atom is -0.496 e. The molecule has 1 aromatic heterocycles. The minimum atomic E-state index is 0.0806. The largest absolute Gasteiger partial charge is 0.496 e. The number of aryl methyl sites for hydroxylation is 1. The third kappa shape index (κ3) is 6.09. The number of pyridine rings is 1. The molecule has 3 rings (SSSR count). The van der Waals surface area contributed by atoms with Crippen molar-refractivity contribution < 1.29 is 14.3 Å². The van der Waals surface area contributed by atoms with Gasteiger partial charge in [0.05, 0.1) is 13.7 Å². The van der Waals surface area contributed by atoms with E-state index in [1.807, 2.05) is 7.05 Å². The summed E-state index contributed by atoms with van der Waals surface area (Å²) in [5.74, 6) is 2.54. The Balaban J connectivity index is 1.91. The maximum Gasteiger partial charge on any atom is 0.220 e. The maximum absolute atomic E-state index is 12.6. The maximum atomic E-state index is 12.6. The van der Waals surface area contributed by atoms with E-state index in [-0.39, 0.29) is 11.8 Å². The van der Waals surface area contributed by atoms with Gasteiger partial charge in [0.15, 0.2) is 0 Å². The second-order valence-corrected chi connectivity index (χ2v) is 9.42. The number of allylic oxidation sites excluding steroid dienone is 5. The van der Waals surface area contributed by atoms with Crippen molar-refractivity contribution in [3.8, 4) is 0 Å². The van der Waals surface area contributed by atoms with Crippen LogP contribution in [0, 0.1) is 6.92 Å². The lowest BCUT2D eigenvalue weighted by molar-refractivity contribution is -0.121. The molecule has 0 saturated heterocycles. The molecular weight excluding hydrogens is 426 g/mol. The number of rotatable bonds is 9. The van der Waals surface area contributed by atoms with Gasteiger partial charge in [0.25, 0.3) is 0 Å². The zero-order valence-corrected chi connectivity index (χ0v) is 21.7. The molecule has 0 saturated carbocycles. The normalized spacial score (nSPS) is 20.5. The molecule has 2 N–H and O–H groups in total. The van der Waals surface area contributed by atoms with E-state index in [0.29, 0.717) is 25.5 Å². The van der Waals surface area contributed by atoms with Crippen molar-refractivity contribution in [2.75, 3.05) is 39.7 Å². The Bertz CT molecular complexity index is 977. The van der Waals surface area contributed by atoms with Gasteiger partial charge in [0.2, 0.25) is 5.91 Å². The Morgan fingerprint density at radius 1 is 1.12 bits per heavy atom. The first kappa shape index (κ1) is 26.0. The highest BCUT2D eigenvalue weighted by atomic mass is 16.5. The molecule has 0 aromatic carbocycles. The second-order valence-electron chi connectivity index (χ2n) is 9.42. The van der Waals surface area contributed by atoms with Crippen molar-refractivity contribution in [2.45, 2.75) is 71.1 Å². The van der Waals surface area contributed by atoms with Crippen LogP contribution in [0.15, 0.2) is 40.7 Å². The molecule has 0 bridgehead atoms. The van der Waals surface area contributed by atoms with Crippen molar-refractivity contribution in [1.82, 2.24) is 10.3 Å². The summed E-state index contributed by atoms with van der Waals surface area (Å²) >= 11 is 0. The van der Waals surface area contributed by atoms with Crippen LogP contribution in [0.3, 0.4) is 0 Å². The molecular formula is C28H41N3O3. The number of methoxy groups -OCH3 is 2. The molecule has 1 aromatic rings. The molecule has 0 spiro atoms. The Morgan fingerprint density at radius 3 is 2.56 bits per heavy atom. The van der Waals surface area contributed by atoms with Gasteiger partial charge in [-0.2, -0.15) is 0 Å². The molecule has 186 valence electrons. The predicted octanol–water partition coefficient (Wildman–Crippen LogP) is 5.52. The molecule has 2 aliphatic carbocycles. The third-order valence-corrected chi connectivity index (χ3v) is 7.17. The topological polar surface area (TPSA) is 72.5 Å². The third-order valence-electron chi connectivity index (χ3n) is 7.17. The fourth-order valence-electron chi connectivity index (χ4n) is 5.47. The van der Waals surface area contributed by atoms with E-state index in [0.717, 1.165) is 49.4 Å². The van der Waals surface area contributed by atoms with Gasteiger partial charge in [-0.3, -0.25) is 4.79 Å². The van der Waals surface area contributed by atoms with Crippen molar-refractivity contribution in [2.24, 2.45) is 0 Å². The van der Waals surface area contributed by atoms with Crippen LogP contribution in [-0.2, 0) is 14.3 Å². The highest BCUT2D eigenvalue weighted by Crippen LogP contribution is 2.46. The number of anilines is 1. The fourth-order valence-corrected chi connectivity index (χ4v) is 5.47. The van der Waals surface area contributed by atoms with E-state index in [1.165, 1.54) is 27.8 Å². The first-order chi connectivity index (χ1) is 16.4. The molecule has 1 amide bonds. The number of amides is 1. The van der Waals surface area contributed by atoms with Gasteiger partial charge < -0.3 is 20.1 Å². The molecule has 0 radical (unpaired) electrons. The van der Waals surface area contributed by atoms with Crippen LogP contribution in [-0.4, -0.2) is 45.3 Å². The van der Waals surface area contributed by atoms with Crippen LogP contribution in [0.4, 0.5) is 5.82 Å². The lowest BCUT2D eigenvalue weighted by Crippen LogP contribution is -2.30. The molecule has 2 unspecified atom stereocenters. The Kier molecular flexibility index (Phi) is 9.34. The number of nitrogens with zero attached hydrogens (tertiary/aromatic N) is 1. The smallest absolute Gasteiger partial charge is 0.220 e. The first-order valence-corrected chi connectivity index (χ1v) is 12.5. The summed E-state index contributed by atoms with van der Waals surface area (Å²) in [6.45, 7) is 7.47. The molecule has 6 nitrogen and oxygen atoms in total. The number of fused-ring (bicyclic) bond motifs is 1. The van der Waals surface area contributed by atoms with Gasteiger partial charge in [-0.25, -0.2) is 4.98 Å².